The minimum atomic E-state index is -0.372. The summed E-state index contributed by atoms with van der Waals surface area (Å²) in [6.07, 6.45) is 0.895. The first-order valence-corrected chi connectivity index (χ1v) is 7.82. The maximum absolute atomic E-state index is 13.0. The van der Waals surface area contributed by atoms with Crippen LogP contribution in [0.5, 0.6) is 0 Å². The van der Waals surface area contributed by atoms with Crippen LogP contribution in [0.2, 0.25) is 0 Å². The van der Waals surface area contributed by atoms with Crippen LogP contribution >= 0.6 is 27.3 Å². The smallest absolute Gasteiger partial charge is 0.255 e. The molecular formula is C14H14BrFN2OS. The van der Waals surface area contributed by atoms with Crippen molar-refractivity contribution < 1.29 is 9.18 Å². The zero-order valence-electron chi connectivity index (χ0n) is 11.2. The van der Waals surface area contributed by atoms with Gasteiger partial charge in [-0.3, -0.25) is 4.79 Å². The van der Waals surface area contributed by atoms with Gasteiger partial charge in [-0.25, -0.2) is 9.37 Å². The van der Waals surface area contributed by atoms with Crippen molar-refractivity contribution in [2.75, 3.05) is 7.05 Å². The number of thiazole rings is 1. The van der Waals surface area contributed by atoms with Gasteiger partial charge in [0.1, 0.15) is 5.82 Å². The van der Waals surface area contributed by atoms with Crippen molar-refractivity contribution in [2.24, 2.45) is 0 Å². The van der Waals surface area contributed by atoms with Gasteiger partial charge in [-0.1, -0.05) is 6.92 Å². The number of rotatable bonds is 4. The van der Waals surface area contributed by atoms with E-state index in [0.717, 1.165) is 17.1 Å². The number of hydrogen-bond donors (Lipinski definition) is 0. The highest BCUT2D eigenvalue weighted by molar-refractivity contribution is 9.10. The number of carbonyl (C=O) groups is 1. The molecule has 0 saturated heterocycles. The van der Waals surface area contributed by atoms with Crippen LogP contribution in [0.1, 0.15) is 28.0 Å². The second-order valence-electron chi connectivity index (χ2n) is 4.37. The third-order valence-electron chi connectivity index (χ3n) is 2.81. The molecule has 3 nitrogen and oxygen atoms in total. The third kappa shape index (κ3) is 3.43. The summed E-state index contributed by atoms with van der Waals surface area (Å²) in [5.41, 5.74) is 1.32. The number of hydrogen-bond acceptors (Lipinski definition) is 3. The molecule has 1 aromatic heterocycles. The van der Waals surface area contributed by atoms with Crippen molar-refractivity contribution in [3.8, 4) is 0 Å². The Morgan fingerprint density at radius 1 is 1.50 bits per heavy atom. The molecule has 0 bridgehead atoms. The molecule has 0 aliphatic heterocycles. The molecule has 0 aliphatic rings. The molecule has 2 aromatic rings. The zero-order chi connectivity index (χ0) is 14.7. The van der Waals surface area contributed by atoms with Crippen molar-refractivity contribution in [1.82, 2.24) is 9.88 Å². The minimum Gasteiger partial charge on any atom is -0.336 e. The van der Waals surface area contributed by atoms with E-state index in [2.05, 4.69) is 20.9 Å². The fourth-order valence-electron chi connectivity index (χ4n) is 1.77. The molecule has 0 saturated carbocycles. The summed E-state index contributed by atoms with van der Waals surface area (Å²) in [7, 11) is 1.71. The quantitative estimate of drug-likeness (QED) is 0.832. The van der Waals surface area contributed by atoms with Crippen molar-refractivity contribution in [3.63, 3.8) is 0 Å². The Hall–Kier alpha value is -1.27. The van der Waals surface area contributed by atoms with Crippen LogP contribution < -0.4 is 0 Å². The van der Waals surface area contributed by atoms with Crippen LogP contribution in [-0.2, 0) is 13.0 Å². The monoisotopic (exact) mass is 356 g/mol. The second kappa shape index (κ2) is 6.45. The first kappa shape index (κ1) is 15.1. The Balaban J connectivity index is 2.12. The van der Waals surface area contributed by atoms with Crippen LogP contribution in [0.15, 0.2) is 28.1 Å². The van der Waals surface area contributed by atoms with Crippen LogP contribution in [0, 0.1) is 5.82 Å². The molecule has 0 atom stereocenters. The van der Waals surface area contributed by atoms with Gasteiger partial charge in [-0.2, -0.15) is 0 Å². The highest BCUT2D eigenvalue weighted by atomic mass is 79.9. The van der Waals surface area contributed by atoms with E-state index >= 15 is 0 Å². The molecule has 0 N–H and O–H groups in total. The molecule has 106 valence electrons. The Morgan fingerprint density at radius 3 is 2.85 bits per heavy atom. The van der Waals surface area contributed by atoms with E-state index in [1.807, 2.05) is 12.3 Å². The van der Waals surface area contributed by atoms with E-state index in [0.29, 0.717) is 16.6 Å². The lowest BCUT2D eigenvalue weighted by Crippen LogP contribution is -2.26. The molecule has 0 spiro atoms. The van der Waals surface area contributed by atoms with Gasteiger partial charge in [-0.05, 0) is 40.5 Å². The highest BCUT2D eigenvalue weighted by Crippen LogP contribution is 2.20. The number of nitrogens with zero attached hydrogens (tertiary/aromatic N) is 2. The summed E-state index contributed by atoms with van der Waals surface area (Å²) in [6.45, 7) is 2.49. The molecule has 20 heavy (non-hydrogen) atoms. The average molecular weight is 357 g/mol. The third-order valence-corrected chi connectivity index (χ3v) is 4.51. The molecule has 6 heteroatoms. The van der Waals surface area contributed by atoms with Gasteiger partial charge < -0.3 is 4.90 Å². The van der Waals surface area contributed by atoms with Gasteiger partial charge in [-0.15, -0.1) is 11.3 Å². The summed E-state index contributed by atoms with van der Waals surface area (Å²) in [6, 6.07) is 4.06. The van der Waals surface area contributed by atoms with E-state index < -0.39 is 0 Å². The van der Waals surface area contributed by atoms with E-state index in [9.17, 15) is 9.18 Å². The molecule has 0 aliphatic carbocycles. The summed E-state index contributed by atoms with van der Waals surface area (Å²) >= 11 is 4.81. The lowest BCUT2D eigenvalue weighted by molar-refractivity contribution is 0.0782. The molecule has 1 amide bonds. The maximum Gasteiger partial charge on any atom is 0.255 e. The Labute approximate surface area is 129 Å². The van der Waals surface area contributed by atoms with Crippen molar-refractivity contribution in [3.05, 3.63) is 50.1 Å². The molecule has 0 fully saturated rings. The number of halogens is 2. The van der Waals surface area contributed by atoms with E-state index in [4.69, 9.17) is 0 Å². The highest BCUT2D eigenvalue weighted by Gasteiger charge is 2.16. The molecule has 0 radical (unpaired) electrons. The average Bonchev–Trinajstić information content (AvgIpc) is 2.85. The van der Waals surface area contributed by atoms with Crippen molar-refractivity contribution >= 4 is 33.2 Å². The number of aromatic nitrogens is 1. The van der Waals surface area contributed by atoms with Gasteiger partial charge in [0.2, 0.25) is 0 Å². The van der Waals surface area contributed by atoms with Gasteiger partial charge in [0.15, 0.2) is 0 Å². The number of carbonyl (C=O) groups excluding carboxylic acids is 1. The van der Waals surface area contributed by atoms with Crippen LogP contribution in [0.4, 0.5) is 4.39 Å². The largest absolute Gasteiger partial charge is 0.336 e. The lowest BCUT2D eigenvalue weighted by atomic mass is 10.2. The number of aryl methyl sites for hydroxylation is 1. The molecule has 2 rings (SSSR count). The van der Waals surface area contributed by atoms with Crippen molar-refractivity contribution in [2.45, 2.75) is 19.9 Å². The molecular weight excluding hydrogens is 343 g/mol. The zero-order valence-corrected chi connectivity index (χ0v) is 13.6. The summed E-state index contributed by atoms with van der Waals surface area (Å²) in [5.74, 6) is -0.536. The van der Waals surface area contributed by atoms with E-state index in [-0.39, 0.29) is 11.7 Å². The van der Waals surface area contributed by atoms with E-state index in [1.165, 1.54) is 18.2 Å². The maximum atomic E-state index is 13.0. The normalized spacial score (nSPS) is 10.6. The SMILES string of the molecule is CCc1nc(CN(C)C(=O)c2ccc(F)cc2Br)cs1. The van der Waals surface area contributed by atoms with Crippen molar-refractivity contribution in [1.29, 1.82) is 0 Å². The first-order chi connectivity index (χ1) is 9.51. The van der Waals surface area contributed by atoms with Gasteiger partial charge in [0.05, 0.1) is 22.8 Å². The first-order valence-electron chi connectivity index (χ1n) is 6.15. The summed E-state index contributed by atoms with van der Waals surface area (Å²) < 4.78 is 13.5. The number of amides is 1. The molecule has 1 aromatic carbocycles. The predicted octanol–water partition coefficient (Wildman–Crippen LogP) is 3.88. The van der Waals surface area contributed by atoms with Gasteiger partial charge in [0, 0.05) is 16.9 Å². The predicted molar refractivity (Wildman–Crippen MR) is 81.4 cm³/mol. The fourth-order valence-corrected chi connectivity index (χ4v) is 3.02. The van der Waals surface area contributed by atoms with Crippen LogP contribution in [0.25, 0.3) is 0 Å². The van der Waals surface area contributed by atoms with Gasteiger partial charge in [0.25, 0.3) is 5.91 Å². The van der Waals surface area contributed by atoms with Crippen LogP contribution in [-0.4, -0.2) is 22.8 Å². The van der Waals surface area contributed by atoms with E-state index in [1.54, 1.807) is 23.3 Å². The van der Waals surface area contributed by atoms with Gasteiger partial charge >= 0.3 is 0 Å². The standard InChI is InChI=1S/C14H14BrFN2OS/c1-3-13-17-10(8-20-13)7-18(2)14(19)11-5-4-9(16)6-12(11)15/h4-6,8H,3,7H2,1-2H3. The fraction of sp³-hybridized carbons (Fsp3) is 0.286. The minimum absolute atomic E-state index is 0.164. The molecule has 1 heterocycles. The summed E-state index contributed by atoms with van der Waals surface area (Å²) in [4.78, 5) is 18.3. The lowest BCUT2D eigenvalue weighted by Gasteiger charge is -2.16. The second-order valence-corrected chi connectivity index (χ2v) is 6.17. The number of benzene rings is 1. The van der Waals surface area contributed by atoms with Crippen LogP contribution in [0.3, 0.4) is 0 Å². The Morgan fingerprint density at radius 2 is 2.25 bits per heavy atom. The Bertz CT molecular complexity index is 629. The topological polar surface area (TPSA) is 33.2 Å². The Kier molecular flexibility index (Phi) is 4.88. The molecule has 0 unspecified atom stereocenters. The summed E-state index contributed by atoms with van der Waals surface area (Å²) in [5, 5.41) is 3.02.